The molecule has 1 aromatic rings. The summed E-state index contributed by atoms with van der Waals surface area (Å²) < 4.78 is 5.23. The van der Waals surface area contributed by atoms with E-state index in [9.17, 15) is 5.11 Å². The second-order valence-corrected chi connectivity index (χ2v) is 6.16. The predicted octanol–water partition coefficient (Wildman–Crippen LogP) is 3.61. The van der Waals surface area contributed by atoms with Crippen molar-refractivity contribution >= 4 is 0 Å². The Morgan fingerprint density at radius 3 is 2.24 bits per heavy atom. The monoisotopic (exact) mass is 291 g/mol. The minimum atomic E-state index is -0.332. The number of benzene rings is 1. The van der Waals surface area contributed by atoms with Gasteiger partial charge in [-0.2, -0.15) is 0 Å². The molecule has 1 unspecified atom stereocenters. The van der Waals surface area contributed by atoms with E-state index in [4.69, 9.17) is 4.74 Å². The van der Waals surface area contributed by atoms with Crippen LogP contribution in [-0.2, 0) is 5.54 Å². The lowest BCUT2D eigenvalue weighted by Gasteiger charge is -2.37. The average Bonchev–Trinajstić information content (AvgIpc) is 2.81. The van der Waals surface area contributed by atoms with Gasteiger partial charge in [-0.1, -0.05) is 44.7 Å². The average molecular weight is 291 g/mol. The van der Waals surface area contributed by atoms with Gasteiger partial charge in [0.25, 0.3) is 0 Å². The highest BCUT2D eigenvalue weighted by atomic mass is 16.5. The summed E-state index contributed by atoms with van der Waals surface area (Å²) in [7, 11) is 1.68. The quantitative estimate of drug-likeness (QED) is 0.787. The van der Waals surface area contributed by atoms with Crippen molar-refractivity contribution in [2.45, 2.75) is 63.5 Å². The Morgan fingerprint density at radius 1 is 1.14 bits per heavy atom. The highest BCUT2D eigenvalue weighted by molar-refractivity contribution is 5.32. The molecule has 1 fully saturated rings. The fraction of sp³-hybridized carbons (Fsp3) is 0.667. The third kappa shape index (κ3) is 3.98. The van der Waals surface area contributed by atoms with Crippen LogP contribution in [0.5, 0.6) is 5.75 Å². The highest BCUT2D eigenvalue weighted by Crippen LogP contribution is 2.29. The van der Waals surface area contributed by atoms with Gasteiger partial charge in [0, 0.05) is 6.04 Å². The number of nitrogens with one attached hydrogen (secondary N) is 1. The molecule has 1 aromatic carbocycles. The van der Waals surface area contributed by atoms with Crippen LogP contribution in [-0.4, -0.2) is 24.9 Å². The van der Waals surface area contributed by atoms with Gasteiger partial charge in [-0.05, 0) is 37.0 Å². The summed E-state index contributed by atoms with van der Waals surface area (Å²) in [5.74, 6) is 0.858. The molecule has 1 atom stereocenters. The smallest absolute Gasteiger partial charge is 0.118 e. The first kappa shape index (κ1) is 16.3. The predicted molar refractivity (Wildman–Crippen MR) is 86.7 cm³/mol. The first-order valence-electron chi connectivity index (χ1n) is 8.27. The molecule has 0 radical (unpaired) electrons. The van der Waals surface area contributed by atoms with E-state index in [0.29, 0.717) is 6.04 Å². The first-order valence-corrected chi connectivity index (χ1v) is 8.27. The van der Waals surface area contributed by atoms with Crippen molar-refractivity contribution in [3.63, 3.8) is 0 Å². The number of ether oxygens (including phenoxy) is 1. The number of hydrogen-bond donors (Lipinski definition) is 2. The summed E-state index contributed by atoms with van der Waals surface area (Å²) in [6.45, 7) is 2.27. The zero-order valence-corrected chi connectivity index (χ0v) is 13.4. The van der Waals surface area contributed by atoms with Crippen LogP contribution in [0, 0.1) is 0 Å². The van der Waals surface area contributed by atoms with E-state index in [1.807, 2.05) is 12.1 Å². The maximum Gasteiger partial charge on any atom is 0.118 e. The fourth-order valence-corrected chi connectivity index (χ4v) is 3.36. The third-order valence-corrected chi connectivity index (χ3v) is 4.85. The minimum absolute atomic E-state index is 0.131. The number of aliphatic hydroxyl groups is 1. The molecule has 1 saturated carbocycles. The van der Waals surface area contributed by atoms with E-state index < -0.39 is 0 Å². The van der Waals surface area contributed by atoms with Gasteiger partial charge < -0.3 is 15.2 Å². The first-order chi connectivity index (χ1) is 10.2. The van der Waals surface area contributed by atoms with Crippen LogP contribution in [0.15, 0.2) is 24.3 Å². The number of rotatable bonds is 6. The molecular formula is C18H29NO2. The van der Waals surface area contributed by atoms with Crippen LogP contribution in [0.1, 0.15) is 57.4 Å². The molecule has 1 aliphatic rings. The summed E-state index contributed by atoms with van der Waals surface area (Å²) in [6.07, 6.45) is 8.61. The van der Waals surface area contributed by atoms with Gasteiger partial charge in [-0.15, -0.1) is 0 Å². The van der Waals surface area contributed by atoms with Crippen LogP contribution in [0.4, 0.5) is 0 Å². The largest absolute Gasteiger partial charge is 0.497 e. The Morgan fingerprint density at radius 2 is 1.76 bits per heavy atom. The van der Waals surface area contributed by atoms with Crippen molar-refractivity contribution in [3.8, 4) is 5.75 Å². The molecule has 2 N–H and O–H groups in total. The second kappa shape index (κ2) is 7.81. The van der Waals surface area contributed by atoms with E-state index in [0.717, 1.165) is 17.7 Å². The van der Waals surface area contributed by atoms with Crippen molar-refractivity contribution in [1.29, 1.82) is 0 Å². The fourth-order valence-electron chi connectivity index (χ4n) is 3.36. The van der Waals surface area contributed by atoms with Gasteiger partial charge in [-0.25, -0.2) is 0 Å². The zero-order valence-electron chi connectivity index (χ0n) is 13.4. The molecule has 1 aliphatic carbocycles. The summed E-state index contributed by atoms with van der Waals surface area (Å²) in [4.78, 5) is 0. The van der Waals surface area contributed by atoms with Crippen molar-refractivity contribution in [2.75, 3.05) is 13.7 Å². The Labute approximate surface area is 128 Å². The molecule has 0 heterocycles. The minimum Gasteiger partial charge on any atom is -0.497 e. The van der Waals surface area contributed by atoms with Gasteiger partial charge in [0.15, 0.2) is 0 Å². The van der Waals surface area contributed by atoms with Crippen molar-refractivity contribution in [1.82, 2.24) is 5.32 Å². The lowest BCUT2D eigenvalue weighted by molar-refractivity contribution is 0.137. The van der Waals surface area contributed by atoms with E-state index in [-0.39, 0.29) is 12.1 Å². The van der Waals surface area contributed by atoms with Gasteiger partial charge in [-0.3, -0.25) is 0 Å². The molecular weight excluding hydrogens is 262 g/mol. The molecule has 3 heteroatoms. The summed E-state index contributed by atoms with van der Waals surface area (Å²) >= 11 is 0. The number of methoxy groups -OCH3 is 1. The van der Waals surface area contributed by atoms with Crippen molar-refractivity contribution in [2.24, 2.45) is 0 Å². The van der Waals surface area contributed by atoms with Crippen LogP contribution in [0.2, 0.25) is 0 Å². The Kier molecular flexibility index (Phi) is 6.07. The lowest BCUT2D eigenvalue weighted by Crippen LogP contribution is -2.50. The number of aliphatic hydroxyl groups excluding tert-OH is 1. The van der Waals surface area contributed by atoms with Crippen LogP contribution < -0.4 is 10.1 Å². The summed E-state index contributed by atoms with van der Waals surface area (Å²) in [5.41, 5.74) is 0.818. The molecule has 118 valence electrons. The van der Waals surface area contributed by atoms with E-state index in [1.54, 1.807) is 7.11 Å². The Hall–Kier alpha value is -1.06. The maximum absolute atomic E-state index is 10.1. The second-order valence-electron chi connectivity index (χ2n) is 6.16. The highest BCUT2D eigenvalue weighted by Gasteiger charge is 2.32. The zero-order chi connectivity index (χ0) is 15.1. The molecule has 21 heavy (non-hydrogen) atoms. The summed E-state index contributed by atoms with van der Waals surface area (Å²) in [6, 6.07) is 8.61. The number of hydrogen-bond acceptors (Lipinski definition) is 3. The molecule has 0 amide bonds. The standard InChI is InChI=1S/C18H29NO2/c1-3-18(14-20,15-10-12-17(21-2)13-11-15)19-16-8-6-4-5-7-9-16/h10-13,16,19-20H,3-9,14H2,1-2H3. The van der Waals surface area contributed by atoms with E-state index in [2.05, 4.69) is 24.4 Å². The normalized spacial score (nSPS) is 19.8. The van der Waals surface area contributed by atoms with Crippen molar-refractivity contribution < 1.29 is 9.84 Å². The van der Waals surface area contributed by atoms with Gasteiger partial charge in [0.1, 0.15) is 5.75 Å². The van der Waals surface area contributed by atoms with Gasteiger partial charge >= 0.3 is 0 Å². The Balaban J connectivity index is 2.17. The van der Waals surface area contributed by atoms with Crippen LogP contribution in [0.3, 0.4) is 0 Å². The van der Waals surface area contributed by atoms with Crippen LogP contribution >= 0.6 is 0 Å². The van der Waals surface area contributed by atoms with Crippen molar-refractivity contribution in [3.05, 3.63) is 29.8 Å². The van der Waals surface area contributed by atoms with E-state index in [1.165, 1.54) is 38.5 Å². The molecule has 0 bridgehead atoms. The summed E-state index contributed by atoms with van der Waals surface area (Å²) in [5, 5.41) is 13.8. The topological polar surface area (TPSA) is 41.5 Å². The van der Waals surface area contributed by atoms with E-state index >= 15 is 0 Å². The molecule has 0 aromatic heterocycles. The maximum atomic E-state index is 10.1. The molecule has 2 rings (SSSR count). The lowest BCUT2D eigenvalue weighted by atomic mass is 9.86. The molecule has 0 spiro atoms. The molecule has 0 saturated heterocycles. The molecule has 0 aliphatic heterocycles. The molecule has 3 nitrogen and oxygen atoms in total. The van der Waals surface area contributed by atoms with Crippen LogP contribution in [0.25, 0.3) is 0 Å². The third-order valence-electron chi connectivity index (χ3n) is 4.85. The van der Waals surface area contributed by atoms with Gasteiger partial charge in [0.05, 0.1) is 19.3 Å². The Bertz CT molecular complexity index is 404. The SMILES string of the molecule is CCC(CO)(NC1CCCCCC1)c1ccc(OC)cc1. The van der Waals surface area contributed by atoms with Gasteiger partial charge in [0.2, 0.25) is 0 Å².